The third kappa shape index (κ3) is 4.70. The van der Waals surface area contributed by atoms with E-state index in [1.807, 2.05) is 60.7 Å². The Hall–Kier alpha value is -5.60. The molecule has 7 rings (SSSR count). The molecule has 7 aromatic carbocycles. The molecule has 42 heavy (non-hydrogen) atoms. The number of carbonyl (C=O) groups is 2. The second-order valence-corrected chi connectivity index (χ2v) is 10.4. The van der Waals surface area contributed by atoms with Crippen LogP contribution in [-0.4, -0.2) is 11.6 Å². The molecule has 0 atom stereocenters. The van der Waals surface area contributed by atoms with E-state index < -0.39 is 0 Å². The van der Waals surface area contributed by atoms with Gasteiger partial charge in [-0.2, -0.15) is 0 Å². The molecule has 198 valence electrons. The lowest BCUT2D eigenvalue weighted by Crippen LogP contribution is -1.98. The second-order valence-electron chi connectivity index (χ2n) is 10.4. The zero-order valence-corrected chi connectivity index (χ0v) is 22.8. The maximum absolute atomic E-state index is 13.1. The summed E-state index contributed by atoms with van der Waals surface area (Å²) in [4.78, 5) is 26.3. The Morgan fingerprint density at radius 1 is 0.381 bits per heavy atom. The fourth-order valence-corrected chi connectivity index (χ4v) is 5.77. The van der Waals surface area contributed by atoms with E-state index in [4.69, 9.17) is 0 Å². The first-order chi connectivity index (χ1) is 20.7. The van der Waals surface area contributed by atoms with Crippen LogP contribution >= 0.6 is 0 Å². The van der Waals surface area contributed by atoms with Crippen molar-refractivity contribution in [3.8, 4) is 0 Å². The molecular weight excluding hydrogens is 512 g/mol. The zero-order chi connectivity index (χ0) is 28.5. The van der Waals surface area contributed by atoms with Crippen molar-refractivity contribution >= 4 is 66.8 Å². The van der Waals surface area contributed by atoms with Gasteiger partial charge in [-0.25, -0.2) is 0 Å². The molecule has 0 saturated carbocycles. The monoisotopic (exact) mass is 538 g/mol. The van der Waals surface area contributed by atoms with Gasteiger partial charge in [0.2, 0.25) is 0 Å². The second kappa shape index (κ2) is 10.8. The maximum atomic E-state index is 13.1. The molecular formula is C40H26O2. The first-order valence-electron chi connectivity index (χ1n) is 14.0. The third-order valence-electron chi connectivity index (χ3n) is 7.88. The van der Waals surface area contributed by atoms with Gasteiger partial charge in [0.15, 0.2) is 11.6 Å². The summed E-state index contributed by atoms with van der Waals surface area (Å²) in [7, 11) is 0. The Bertz CT molecular complexity index is 1950. The lowest BCUT2D eigenvalue weighted by molar-refractivity contribution is 0.103. The van der Waals surface area contributed by atoms with Crippen molar-refractivity contribution in [2.75, 3.05) is 0 Å². The number of rotatable bonds is 6. The standard InChI is InChI=1S/C40H26O2/c41-39(23-21-37-33-13-5-1-9-29(33)25-30-10-2-6-14-34(30)37)27-17-19-28(20-18-27)40(42)24-22-38-35-15-7-3-11-31(35)26-32-12-4-8-16-36(32)38/h1-26H. The average Bonchev–Trinajstić information content (AvgIpc) is 3.04. The molecule has 0 bridgehead atoms. The van der Waals surface area contributed by atoms with Gasteiger partial charge >= 0.3 is 0 Å². The van der Waals surface area contributed by atoms with Crippen LogP contribution in [0.15, 0.2) is 146 Å². The summed E-state index contributed by atoms with van der Waals surface area (Å²) >= 11 is 0. The predicted molar refractivity (Wildman–Crippen MR) is 176 cm³/mol. The molecule has 2 heteroatoms. The van der Waals surface area contributed by atoms with E-state index in [-0.39, 0.29) is 11.6 Å². The smallest absolute Gasteiger partial charge is 0.185 e. The first kappa shape index (κ1) is 25.4. The molecule has 0 radical (unpaired) electrons. The molecule has 0 aromatic heterocycles. The highest BCUT2D eigenvalue weighted by Crippen LogP contribution is 2.31. The summed E-state index contributed by atoms with van der Waals surface area (Å²) in [6, 6.07) is 44.1. The molecule has 2 nitrogen and oxygen atoms in total. The Morgan fingerprint density at radius 3 is 0.976 bits per heavy atom. The molecule has 0 aliphatic carbocycles. The fourth-order valence-electron chi connectivity index (χ4n) is 5.77. The minimum atomic E-state index is -0.108. The molecule has 0 spiro atoms. The zero-order valence-electron chi connectivity index (χ0n) is 22.8. The molecule has 0 aliphatic rings. The van der Waals surface area contributed by atoms with Gasteiger partial charge in [-0.3, -0.25) is 9.59 Å². The van der Waals surface area contributed by atoms with E-state index in [9.17, 15) is 9.59 Å². The highest BCUT2D eigenvalue weighted by Gasteiger charge is 2.10. The van der Waals surface area contributed by atoms with Crippen LogP contribution in [0.25, 0.3) is 55.2 Å². The number of hydrogen-bond donors (Lipinski definition) is 0. The Balaban J connectivity index is 1.15. The SMILES string of the molecule is O=C(C=Cc1c2ccccc2cc2ccccc12)c1ccc(C(=O)C=Cc2c3ccccc3cc3ccccc23)cc1. The van der Waals surface area contributed by atoms with Crippen molar-refractivity contribution in [1.82, 2.24) is 0 Å². The lowest BCUT2D eigenvalue weighted by Gasteiger charge is -2.08. The number of allylic oxidation sites excluding steroid dienone is 2. The van der Waals surface area contributed by atoms with E-state index in [1.54, 1.807) is 36.4 Å². The minimum Gasteiger partial charge on any atom is -0.289 e. The third-order valence-corrected chi connectivity index (χ3v) is 7.88. The van der Waals surface area contributed by atoms with Crippen LogP contribution in [0.5, 0.6) is 0 Å². The van der Waals surface area contributed by atoms with E-state index >= 15 is 0 Å². The average molecular weight is 539 g/mol. The molecule has 0 unspecified atom stereocenters. The summed E-state index contributed by atoms with van der Waals surface area (Å²) in [5.41, 5.74) is 3.12. The lowest BCUT2D eigenvalue weighted by atomic mass is 9.95. The number of carbonyl (C=O) groups excluding carboxylic acids is 2. The highest BCUT2D eigenvalue weighted by molar-refractivity contribution is 6.14. The normalized spacial score (nSPS) is 11.8. The molecule has 0 aliphatic heterocycles. The van der Waals surface area contributed by atoms with Crippen LogP contribution in [0, 0.1) is 0 Å². The number of fused-ring (bicyclic) bond motifs is 4. The molecule has 0 N–H and O–H groups in total. The van der Waals surface area contributed by atoms with Crippen molar-refractivity contribution in [2.24, 2.45) is 0 Å². The Morgan fingerprint density at radius 2 is 0.667 bits per heavy atom. The van der Waals surface area contributed by atoms with Crippen LogP contribution in [0.3, 0.4) is 0 Å². The van der Waals surface area contributed by atoms with E-state index in [0.29, 0.717) is 11.1 Å². The highest BCUT2D eigenvalue weighted by atomic mass is 16.1. The van der Waals surface area contributed by atoms with E-state index in [0.717, 1.165) is 54.2 Å². The van der Waals surface area contributed by atoms with Crippen LogP contribution in [0.2, 0.25) is 0 Å². The minimum absolute atomic E-state index is 0.108. The van der Waals surface area contributed by atoms with Crippen molar-refractivity contribution in [3.05, 3.63) is 168 Å². The summed E-state index contributed by atoms with van der Waals surface area (Å²) in [5, 5.41) is 8.95. The number of benzene rings is 7. The Kier molecular flexibility index (Phi) is 6.50. The van der Waals surface area contributed by atoms with Crippen molar-refractivity contribution in [1.29, 1.82) is 0 Å². The fraction of sp³-hybridized carbons (Fsp3) is 0. The first-order valence-corrected chi connectivity index (χ1v) is 14.0. The van der Waals surface area contributed by atoms with Gasteiger partial charge in [-0.1, -0.05) is 121 Å². The van der Waals surface area contributed by atoms with Gasteiger partial charge in [-0.05, 0) is 90.7 Å². The molecule has 0 saturated heterocycles. The van der Waals surface area contributed by atoms with Gasteiger partial charge in [0.1, 0.15) is 0 Å². The predicted octanol–water partition coefficient (Wildman–Crippen LogP) is 10.1. The van der Waals surface area contributed by atoms with Crippen molar-refractivity contribution in [3.63, 3.8) is 0 Å². The van der Waals surface area contributed by atoms with Crippen LogP contribution in [-0.2, 0) is 0 Å². The van der Waals surface area contributed by atoms with E-state index in [1.165, 1.54) is 0 Å². The Labute approximate surface area is 243 Å². The molecule has 0 amide bonds. The van der Waals surface area contributed by atoms with Crippen LogP contribution in [0.1, 0.15) is 31.8 Å². The summed E-state index contributed by atoms with van der Waals surface area (Å²) < 4.78 is 0. The quantitative estimate of drug-likeness (QED) is 0.120. The summed E-state index contributed by atoms with van der Waals surface area (Å²) in [5.74, 6) is -0.215. The number of ketones is 2. The number of hydrogen-bond acceptors (Lipinski definition) is 2. The van der Waals surface area contributed by atoms with Gasteiger partial charge in [0.05, 0.1) is 0 Å². The molecule has 0 heterocycles. The summed E-state index contributed by atoms with van der Waals surface area (Å²) in [6.07, 6.45) is 7.06. The van der Waals surface area contributed by atoms with Gasteiger partial charge < -0.3 is 0 Å². The van der Waals surface area contributed by atoms with Crippen molar-refractivity contribution in [2.45, 2.75) is 0 Å². The van der Waals surface area contributed by atoms with Crippen molar-refractivity contribution < 1.29 is 9.59 Å². The van der Waals surface area contributed by atoms with E-state index in [2.05, 4.69) is 60.7 Å². The maximum Gasteiger partial charge on any atom is 0.185 e. The van der Waals surface area contributed by atoms with Crippen LogP contribution in [0.4, 0.5) is 0 Å². The molecule has 7 aromatic rings. The van der Waals surface area contributed by atoms with Gasteiger partial charge in [-0.15, -0.1) is 0 Å². The van der Waals surface area contributed by atoms with Gasteiger partial charge in [0.25, 0.3) is 0 Å². The van der Waals surface area contributed by atoms with Crippen LogP contribution < -0.4 is 0 Å². The summed E-state index contributed by atoms with van der Waals surface area (Å²) in [6.45, 7) is 0. The largest absolute Gasteiger partial charge is 0.289 e. The topological polar surface area (TPSA) is 34.1 Å². The molecule has 0 fully saturated rings. The van der Waals surface area contributed by atoms with Gasteiger partial charge in [0, 0.05) is 11.1 Å².